The van der Waals surface area contributed by atoms with E-state index >= 15 is 0 Å². The van der Waals surface area contributed by atoms with Gasteiger partial charge in [0.15, 0.2) is 0 Å². The molecule has 0 unspecified atom stereocenters. The maximum absolute atomic E-state index is 12.5. The second-order valence-corrected chi connectivity index (χ2v) is 9.50. The number of sulfonamides is 1. The van der Waals surface area contributed by atoms with Crippen LogP contribution in [0.15, 0.2) is 47.5 Å². The number of piperazine rings is 1. The van der Waals surface area contributed by atoms with E-state index in [0.717, 1.165) is 4.31 Å². The van der Waals surface area contributed by atoms with Gasteiger partial charge in [-0.3, -0.25) is 9.59 Å². The van der Waals surface area contributed by atoms with Gasteiger partial charge in [0.05, 0.1) is 17.0 Å². The van der Waals surface area contributed by atoms with Crippen LogP contribution in [0.2, 0.25) is 0 Å². The van der Waals surface area contributed by atoms with Crippen molar-refractivity contribution in [2.24, 2.45) is 0 Å². The second kappa shape index (κ2) is 9.76. The first-order valence-electron chi connectivity index (χ1n) is 9.92. The number of hydrogen-bond donors (Lipinski definition) is 1. The van der Waals surface area contributed by atoms with E-state index in [1.54, 1.807) is 23.2 Å². The van der Waals surface area contributed by atoms with Crippen molar-refractivity contribution < 1.29 is 18.0 Å². The predicted molar refractivity (Wildman–Crippen MR) is 117 cm³/mol. The average molecular weight is 457 g/mol. The summed E-state index contributed by atoms with van der Waals surface area (Å²) in [5.74, 6) is -0.167. The molecule has 3 rings (SSSR count). The van der Waals surface area contributed by atoms with E-state index in [9.17, 15) is 23.3 Å². The van der Waals surface area contributed by atoms with E-state index in [1.165, 1.54) is 38.4 Å². The molecule has 10 nitrogen and oxygen atoms in total. The summed E-state index contributed by atoms with van der Waals surface area (Å²) in [6.45, 7) is 1.72. The minimum absolute atomic E-state index is 0.00357. The topological polar surface area (TPSA) is 127 Å². The third-order valence-corrected chi connectivity index (χ3v) is 6.93. The van der Waals surface area contributed by atoms with Gasteiger partial charge in [-0.1, -0.05) is 6.07 Å². The highest BCUT2D eigenvalue weighted by Crippen LogP contribution is 2.18. The van der Waals surface area contributed by atoms with Gasteiger partial charge in [-0.25, -0.2) is 17.7 Å². The first-order valence-corrected chi connectivity index (χ1v) is 11.4. The molecule has 168 valence electrons. The zero-order valence-corrected chi connectivity index (χ0v) is 18.7. The molecule has 0 aliphatic carbocycles. The molecule has 32 heavy (non-hydrogen) atoms. The Labute approximate surface area is 187 Å². The van der Waals surface area contributed by atoms with Gasteiger partial charge in [-0.05, 0) is 30.3 Å². The molecule has 0 bridgehead atoms. The summed E-state index contributed by atoms with van der Waals surface area (Å²) in [5.41, 5.74) is 0.641. The van der Waals surface area contributed by atoms with Crippen molar-refractivity contribution in [2.45, 2.75) is 4.90 Å². The Morgan fingerprint density at radius 3 is 2.53 bits per heavy atom. The molecular formula is C21H24N6O4S. The third kappa shape index (κ3) is 5.04. The van der Waals surface area contributed by atoms with Crippen molar-refractivity contribution in [3.63, 3.8) is 0 Å². The van der Waals surface area contributed by atoms with Gasteiger partial charge < -0.3 is 15.1 Å². The number of carbonyl (C=O) groups is 2. The number of anilines is 1. The van der Waals surface area contributed by atoms with Gasteiger partial charge in [-0.15, -0.1) is 0 Å². The number of amides is 2. The lowest BCUT2D eigenvalue weighted by atomic mass is 10.2. The van der Waals surface area contributed by atoms with E-state index in [2.05, 4.69) is 16.4 Å². The molecule has 2 heterocycles. The van der Waals surface area contributed by atoms with Gasteiger partial charge in [0, 0.05) is 52.0 Å². The Morgan fingerprint density at radius 1 is 1.16 bits per heavy atom. The van der Waals surface area contributed by atoms with Crippen LogP contribution in [0, 0.1) is 11.3 Å². The van der Waals surface area contributed by atoms with Crippen LogP contribution in [-0.4, -0.2) is 81.2 Å². The fourth-order valence-electron chi connectivity index (χ4n) is 3.28. The number of aromatic nitrogens is 1. The number of carbonyl (C=O) groups excluding carboxylic acids is 2. The summed E-state index contributed by atoms with van der Waals surface area (Å²) in [7, 11) is -0.842. The highest BCUT2D eigenvalue weighted by atomic mass is 32.2. The van der Waals surface area contributed by atoms with Crippen molar-refractivity contribution in [1.82, 2.24) is 19.5 Å². The van der Waals surface area contributed by atoms with Gasteiger partial charge in [0.2, 0.25) is 15.9 Å². The molecule has 1 aliphatic rings. The number of nitrogens with one attached hydrogen (secondary N) is 1. The Bertz CT molecular complexity index is 1150. The molecule has 1 saturated heterocycles. The van der Waals surface area contributed by atoms with Crippen molar-refractivity contribution in [1.29, 1.82) is 5.26 Å². The molecular weight excluding hydrogens is 432 g/mol. The smallest absolute Gasteiger partial charge is 0.251 e. The molecule has 1 fully saturated rings. The standard InChI is InChI=1S/C21H24N6O4S/c1-25(2)32(30,31)18-7-3-5-16(13-18)21(29)24-15-19(28)26-9-11-27(12-10-26)20-17(14-22)6-4-8-23-20/h3-8,13H,9-12,15H2,1-2H3,(H,24,29). The Hall–Kier alpha value is -3.49. The Kier molecular flexibility index (Phi) is 7.07. The molecule has 0 spiro atoms. The number of nitrogens with zero attached hydrogens (tertiary/aromatic N) is 5. The first kappa shape index (κ1) is 23.2. The van der Waals surface area contributed by atoms with Crippen molar-refractivity contribution in [3.8, 4) is 6.07 Å². The van der Waals surface area contributed by atoms with Crippen molar-refractivity contribution >= 4 is 27.7 Å². The number of rotatable bonds is 6. The molecule has 1 N–H and O–H groups in total. The van der Waals surface area contributed by atoms with E-state index < -0.39 is 15.9 Å². The minimum Gasteiger partial charge on any atom is -0.352 e. The second-order valence-electron chi connectivity index (χ2n) is 7.35. The van der Waals surface area contributed by atoms with Crippen molar-refractivity contribution in [2.75, 3.05) is 51.7 Å². The number of nitriles is 1. The van der Waals surface area contributed by atoms with Gasteiger partial charge in [-0.2, -0.15) is 5.26 Å². The zero-order valence-electron chi connectivity index (χ0n) is 17.9. The lowest BCUT2D eigenvalue weighted by Gasteiger charge is -2.35. The summed E-state index contributed by atoms with van der Waals surface area (Å²) >= 11 is 0. The van der Waals surface area contributed by atoms with Gasteiger partial charge in [0.1, 0.15) is 11.9 Å². The van der Waals surface area contributed by atoms with Gasteiger partial charge >= 0.3 is 0 Å². The van der Waals surface area contributed by atoms with E-state index in [4.69, 9.17) is 0 Å². The average Bonchev–Trinajstić information content (AvgIpc) is 2.82. The van der Waals surface area contributed by atoms with Crippen molar-refractivity contribution in [3.05, 3.63) is 53.7 Å². The number of hydrogen-bond acceptors (Lipinski definition) is 7. The van der Waals surface area contributed by atoms with Crippen LogP contribution >= 0.6 is 0 Å². The van der Waals surface area contributed by atoms with Crippen LogP contribution in [0.5, 0.6) is 0 Å². The monoisotopic (exact) mass is 456 g/mol. The van der Waals surface area contributed by atoms with Crippen LogP contribution in [0.4, 0.5) is 5.82 Å². The molecule has 1 aliphatic heterocycles. The van der Waals surface area contributed by atoms with E-state index in [0.29, 0.717) is 37.6 Å². The molecule has 1 aromatic heterocycles. The van der Waals surface area contributed by atoms with Crippen LogP contribution in [0.3, 0.4) is 0 Å². The molecule has 0 radical (unpaired) electrons. The van der Waals surface area contributed by atoms with Crippen LogP contribution in [0.25, 0.3) is 0 Å². The molecule has 2 aromatic rings. The highest BCUT2D eigenvalue weighted by Gasteiger charge is 2.24. The fourth-order valence-corrected chi connectivity index (χ4v) is 4.23. The number of benzene rings is 1. The first-order chi connectivity index (χ1) is 15.2. The summed E-state index contributed by atoms with van der Waals surface area (Å²) in [6, 6.07) is 11.2. The highest BCUT2D eigenvalue weighted by molar-refractivity contribution is 7.89. The third-order valence-electron chi connectivity index (χ3n) is 5.11. The van der Waals surface area contributed by atoms with Crippen LogP contribution < -0.4 is 10.2 Å². The van der Waals surface area contributed by atoms with Crippen LogP contribution in [0.1, 0.15) is 15.9 Å². The molecule has 0 atom stereocenters. The summed E-state index contributed by atoms with van der Waals surface area (Å²) in [4.78, 5) is 32.9. The van der Waals surface area contributed by atoms with Gasteiger partial charge in [0.25, 0.3) is 5.91 Å². The lowest BCUT2D eigenvalue weighted by Crippen LogP contribution is -2.51. The molecule has 11 heteroatoms. The molecule has 0 saturated carbocycles. The normalized spacial score (nSPS) is 14.2. The predicted octanol–water partition coefficient (Wildman–Crippen LogP) is 0.282. The summed E-state index contributed by atoms with van der Waals surface area (Å²) < 4.78 is 25.6. The maximum Gasteiger partial charge on any atom is 0.251 e. The Balaban J connectivity index is 1.56. The Morgan fingerprint density at radius 2 is 1.88 bits per heavy atom. The number of pyridine rings is 1. The maximum atomic E-state index is 12.5. The fraction of sp³-hybridized carbons (Fsp3) is 0.333. The van der Waals surface area contributed by atoms with E-state index in [1.807, 2.05) is 4.90 Å². The lowest BCUT2D eigenvalue weighted by molar-refractivity contribution is -0.130. The minimum atomic E-state index is -3.67. The van der Waals surface area contributed by atoms with E-state index in [-0.39, 0.29) is 22.9 Å². The molecule has 1 aromatic carbocycles. The largest absolute Gasteiger partial charge is 0.352 e. The zero-order chi connectivity index (χ0) is 23.3. The summed E-state index contributed by atoms with van der Waals surface area (Å²) in [5, 5.41) is 11.8. The SMILES string of the molecule is CN(C)S(=O)(=O)c1cccc(C(=O)NCC(=O)N2CCN(c3ncccc3C#N)CC2)c1. The van der Waals surface area contributed by atoms with Crippen LogP contribution in [-0.2, 0) is 14.8 Å². The quantitative estimate of drug-likeness (QED) is 0.662. The molecule has 2 amide bonds. The summed E-state index contributed by atoms with van der Waals surface area (Å²) in [6.07, 6.45) is 1.63.